The Morgan fingerprint density at radius 1 is 1.06 bits per heavy atom. The van der Waals surface area contributed by atoms with Gasteiger partial charge in [-0.05, 0) is 12.1 Å². The van der Waals surface area contributed by atoms with E-state index in [2.05, 4.69) is 4.28 Å². The second-order valence-corrected chi connectivity index (χ2v) is 3.85. The number of fused-ring (bicyclic) bond motifs is 1. The first-order valence-corrected chi connectivity index (χ1v) is 5.33. The summed E-state index contributed by atoms with van der Waals surface area (Å²) in [5, 5.41) is -0.125. The highest BCUT2D eigenvalue weighted by molar-refractivity contribution is 7.81. The van der Waals surface area contributed by atoms with Gasteiger partial charge in [0.1, 0.15) is 0 Å². The predicted octanol–water partition coefficient (Wildman–Crippen LogP) is 0.429. The topological polar surface area (TPSA) is 80.8 Å². The molecule has 0 N–H and O–H groups in total. The quantitative estimate of drug-likeness (QED) is 0.557. The lowest BCUT2D eigenvalue weighted by molar-refractivity contribution is -0.0139. The van der Waals surface area contributed by atoms with E-state index in [9.17, 15) is 21.9 Å². The summed E-state index contributed by atoms with van der Waals surface area (Å²) in [7, 11) is -5.41. The van der Waals surface area contributed by atoms with Crippen molar-refractivity contribution in [2.24, 2.45) is 0 Å². The Bertz CT molecular complexity index is 547. The van der Waals surface area contributed by atoms with Gasteiger partial charge in [0.2, 0.25) is 0 Å². The highest BCUT2D eigenvalue weighted by Crippen LogP contribution is 2.23. The van der Waals surface area contributed by atoms with E-state index < -0.39 is 22.3 Å². The Labute approximate surface area is 89.6 Å². The van der Waals surface area contributed by atoms with Crippen molar-refractivity contribution < 1.29 is 26.2 Å². The van der Waals surface area contributed by atoms with Gasteiger partial charge in [-0.2, -0.15) is 8.42 Å². The molecule has 0 bridgehead atoms. The third kappa shape index (κ3) is 1.68. The van der Waals surface area contributed by atoms with Gasteiger partial charge >= 0.3 is 10.5 Å². The van der Waals surface area contributed by atoms with Crippen LogP contribution in [0.1, 0.15) is 20.7 Å². The van der Waals surface area contributed by atoms with Crippen molar-refractivity contribution in [2.45, 2.75) is 0 Å². The molecule has 0 fully saturated rings. The molecule has 2 amide bonds. The summed E-state index contributed by atoms with van der Waals surface area (Å²) in [6.45, 7) is 0. The SMILES string of the molecule is O=C1c2ccccc2C(=O)N1OS(=O)(=O)F. The second-order valence-electron chi connectivity index (χ2n) is 2.92. The number of amides is 2. The number of carbonyl (C=O) groups is 2. The van der Waals surface area contributed by atoms with Crippen LogP contribution in [0.5, 0.6) is 0 Å². The molecule has 0 aliphatic carbocycles. The van der Waals surface area contributed by atoms with E-state index in [0.717, 1.165) is 0 Å². The molecule has 1 aromatic rings. The number of rotatable bonds is 2. The fraction of sp³-hybridized carbons (Fsp3) is 0. The van der Waals surface area contributed by atoms with E-state index in [0.29, 0.717) is 0 Å². The van der Waals surface area contributed by atoms with Gasteiger partial charge in [0.05, 0.1) is 11.1 Å². The van der Waals surface area contributed by atoms with E-state index >= 15 is 0 Å². The zero-order chi connectivity index (χ0) is 11.9. The molecule has 0 spiro atoms. The van der Waals surface area contributed by atoms with E-state index in [1.807, 2.05) is 0 Å². The summed E-state index contributed by atoms with van der Waals surface area (Å²) in [4.78, 5) is 22.9. The lowest BCUT2D eigenvalue weighted by Crippen LogP contribution is -2.31. The van der Waals surface area contributed by atoms with Crippen LogP contribution < -0.4 is 0 Å². The Hall–Kier alpha value is -1.80. The lowest BCUT2D eigenvalue weighted by Gasteiger charge is -2.07. The summed E-state index contributed by atoms with van der Waals surface area (Å²) < 4.78 is 36.2. The van der Waals surface area contributed by atoms with Gasteiger partial charge in [0.15, 0.2) is 0 Å². The number of halogens is 1. The third-order valence-electron chi connectivity index (χ3n) is 1.92. The molecule has 0 unspecified atom stereocenters. The third-order valence-corrected chi connectivity index (χ3v) is 2.25. The number of hydroxylamine groups is 2. The van der Waals surface area contributed by atoms with Crippen molar-refractivity contribution in [2.75, 3.05) is 0 Å². The number of carbonyl (C=O) groups excluding carboxylic acids is 2. The number of hydrogen-bond donors (Lipinski definition) is 0. The fourth-order valence-electron chi connectivity index (χ4n) is 1.32. The molecular weight excluding hydrogens is 241 g/mol. The number of imide groups is 1. The first-order valence-electron chi connectivity index (χ1n) is 4.02. The van der Waals surface area contributed by atoms with Gasteiger partial charge in [-0.1, -0.05) is 16.0 Å². The van der Waals surface area contributed by atoms with Crippen LogP contribution in [0.15, 0.2) is 24.3 Å². The Balaban J connectivity index is 2.43. The number of hydrogen-bond acceptors (Lipinski definition) is 5. The highest BCUT2D eigenvalue weighted by Gasteiger charge is 2.39. The van der Waals surface area contributed by atoms with E-state index in [-0.39, 0.29) is 16.2 Å². The van der Waals surface area contributed by atoms with Crippen LogP contribution in [-0.2, 0) is 14.8 Å². The van der Waals surface area contributed by atoms with E-state index in [4.69, 9.17) is 0 Å². The number of benzene rings is 1. The Morgan fingerprint density at radius 2 is 1.50 bits per heavy atom. The van der Waals surface area contributed by atoms with Crippen molar-refractivity contribution in [1.82, 2.24) is 5.06 Å². The maximum absolute atomic E-state index is 12.2. The van der Waals surface area contributed by atoms with Crippen molar-refractivity contribution in [3.63, 3.8) is 0 Å². The molecule has 1 aliphatic heterocycles. The largest absolute Gasteiger partial charge is 0.459 e. The molecule has 84 valence electrons. The van der Waals surface area contributed by atoms with Gasteiger partial charge in [-0.25, -0.2) is 0 Å². The van der Waals surface area contributed by atoms with Crippen LogP contribution in [-0.4, -0.2) is 25.3 Å². The molecule has 1 aliphatic rings. The van der Waals surface area contributed by atoms with Crippen LogP contribution in [0, 0.1) is 0 Å². The molecule has 6 nitrogen and oxygen atoms in total. The summed E-state index contributed by atoms with van der Waals surface area (Å²) >= 11 is 0. The Morgan fingerprint density at radius 3 is 1.88 bits per heavy atom. The summed E-state index contributed by atoms with van der Waals surface area (Å²) in [5.41, 5.74) is -0.0627. The smallest absolute Gasteiger partial charge is 0.266 e. The van der Waals surface area contributed by atoms with Gasteiger partial charge < -0.3 is 0 Å². The maximum Gasteiger partial charge on any atom is 0.459 e. The highest BCUT2D eigenvalue weighted by atomic mass is 32.3. The standard InChI is InChI=1S/C8H4FNO5S/c9-16(13,14)15-10-7(11)5-3-1-2-4-6(5)8(10)12/h1-4H. The Kier molecular flexibility index (Phi) is 2.25. The maximum atomic E-state index is 12.2. The van der Waals surface area contributed by atoms with Gasteiger partial charge in [0, 0.05) is 0 Å². The zero-order valence-electron chi connectivity index (χ0n) is 7.58. The summed E-state index contributed by atoms with van der Waals surface area (Å²) in [5.74, 6) is -2.02. The molecular formula is C8H4FNO5S. The molecule has 8 heteroatoms. The average molecular weight is 245 g/mol. The number of nitrogens with zero attached hydrogens (tertiary/aromatic N) is 1. The normalized spacial score (nSPS) is 15.4. The molecule has 0 saturated carbocycles. The molecule has 2 rings (SSSR count). The summed E-state index contributed by atoms with van der Waals surface area (Å²) in [6.07, 6.45) is 0. The van der Waals surface area contributed by atoms with Crippen LogP contribution >= 0.6 is 0 Å². The summed E-state index contributed by atoms with van der Waals surface area (Å²) in [6, 6.07) is 5.59. The van der Waals surface area contributed by atoms with Crippen molar-refractivity contribution in [1.29, 1.82) is 0 Å². The van der Waals surface area contributed by atoms with Crippen molar-refractivity contribution >= 4 is 22.3 Å². The monoisotopic (exact) mass is 245 g/mol. The van der Waals surface area contributed by atoms with Crippen molar-refractivity contribution in [3.8, 4) is 0 Å². The fourth-order valence-corrected chi connectivity index (χ4v) is 1.64. The first kappa shape index (κ1) is 10.7. The minimum Gasteiger partial charge on any atom is -0.266 e. The van der Waals surface area contributed by atoms with Gasteiger partial charge in [-0.3, -0.25) is 9.59 Å². The van der Waals surface area contributed by atoms with Gasteiger partial charge in [-0.15, -0.1) is 9.35 Å². The van der Waals surface area contributed by atoms with Crippen LogP contribution in [0.2, 0.25) is 0 Å². The first-order chi connectivity index (χ1) is 7.40. The molecule has 16 heavy (non-hydrogen) atoms. The molecule has 0 saturated heterocycles. The predicted molar refractivity (Wildman–Crippen MR) is 48.1 cm³/mol. The van der Waals surface area contributed by atoms with Crippen LogP contribution in [0.4, 0.5) is 3.89 Å². The van der Waals surface area contributed by atoms with Crippen LogP contribution in [0.3, 0.4) is 0 Å². The lowest BCUT2D eigenvalue weighted by atomic mass is 10.1. The molecule has 0 radical (unpaired) electrons. The minimum absolute atomic E-state index is 0.0313. The van der Waals surface area contributed by atoms with Crippen LogP contribution in [0.25, 0.3) is 0 Å². The molecule has 1 aromatic carbocycles. The molecule has 0 aromatic heterocycles. The minimum atomic E-state index is -5.41. The second kappa shape index (κ2) is 3.35. The molecule has 0 atom stereocenters. The van der Waals surface area contributed by atoms with E-state index in [1.165, 1.54) is 24.3 Å². The average Bonchev–Trinajstić information content (AvgIpc) is 2.43. The van der Waals surface area contributed by atoms with Crippen molar-refractivity contribution in [3.05, 3.63) is 35.4 Å². The van der Waals surface area contributed by atoms with E-state index in [1.54, 1.807) is 0 Å². The zero-order valence-corrected chi connectivity index (χ0v) is 8.40. The van der Waals surface area contributed by atoms with Gasteiger partial charge in [0.25, 0.3) is 11.8 Å². The molecule has 1 heterocycles.